The SMILES string of the molecule is Cc1nn(C)c(=O)n1-c1ccc(N2CCN(c3ccc(OC[C@@H]4CO[C@@](Cn5cncn5)(c5ccc(Cl)cc5Cl)O4)cc3)CC2)cc1.O. The number of ether oxygens (including phenoxy) is 3. The number of rotatable bonds is 9. The molecule has 0 aliphatic carbocycles. The number of hydrogen-bond donors (Lipinski definition) is 0. The summed E-state index contributed by atoms with van der Waals surface area (Å²) in [7, 11) is 1.66. The molecule has 7 rings (SSSR count). The van der Waals surface area contributed by atoms with Crippen LogP contribution in [-0.4, -0.2) is 80.1 Å². The van der Waals surface area contributed by atoms with Gasteiger partial charge < -0.3 is 29.5 Å². The molecule has 2 aliphatic rings. The van der Waals surface area contributed by atoms with Gasteiger partial charge in [-0.3, -0.25) is 0 Å². The summed E-state index contributed by atoms with van der Waals surface area (Å²) in [6.45, 7) is 6.27. The molecule has 0 radical (unpaired) electrons. The lowest BCUT2D eigenvalue weighted by atomic mass is 10.1. The van der Waals surface area contributed by atoms with Crippen molar-refractivity contribution in [3.8, 4) is 11.4 Å². The molecule has 13 nitrogen and oxygen atoms in total. The summed E-state index contributed by atoms with van der Waals surface area (Å²) in [6, 6.07) is 21.5. The number of aromatic nitrogens is 6. The Morgan fingerprint density at radius 2 is 1.58 bits per heavy atom. The van der Waals surface area contributed by atoms with E-state index in [1.807, 2.05) is 37.3 Å². The van der Waals surface area contributed by atoms with E-state index in [0.717, 1.165) is 49.0 Å². The first kappa shape index (κ1) is 33.5. The summed E-state index contributed by atoms with van der Waals surface area (Å²) < 4.78 is 23.5. The molecule has 0 bridgehead atoms. The molecule has 15 heteroatoms. The maximum absolute atomic E-state index is 12.4. The molecule has 0 unspecified atom stereocenters. The number of piperazine rings is 1. The van der Waals surface area contributed by atoms with Gasteiger partial charge in [0.2, 0.25) is 5.79 Å². The van der Waals surface area contributed by atoms with Crippen molar-refractivity contribution in [1.29, 1.82) is 0 Å². The Morgan fingerprint density at radius 1 is 0.938 bits per heavy atom. The van der Waals surface area contributed by atoms with E-state index < -0.39 is 5.79 Å². The maximum Gasteiger partial charge on any atom is 0.350 e. The van der Waals surface area contributed by atoms with Crippen molar-refractivity contribution in [1.82, 2.24) is 29.1 Å². The highest BCUT2D eigenvalue weighted by molar-refractivity contribution is 6.35. The van der Waals surface area contributed by atoms with Gasteiger partial charge in [-0.05, 0) is 67.6 Å². The lowest BCUT2D eigenvalue weighted by Crippen LogP contribution is -2.46. The third kappa shape index (κ3) is 6.78. The molecule has 5 aromatic rings. The van der Waals surface area contributed by atoms with Crippen LogP contribution in [0.3, 0.4) is 0 Å². The average molecular weight is 696 g/mol. The average Bonchev–Trinajstić information content (AvgIpc) is 3.80. The highest BCUT2D eigenvalue weighted by atomic mass is 35.5. The van der Waals surface area contributed by atoms with Gasteiger partial charge in [0, 0.05) is 55.2 Å². The molecular weight excluding hydrogens is 659 g/mol. The molecule has 2 N–H and O–H groups in total. The molecule has 2 aliphatic heterocycles. The van der Waals surface area contributed by atoms with Crippen molar-refractivity contribution in [2.45, 2.75) is 25.4 Å². The number of anilines is 2. The van der Waals surface area contributed by atoms with Crippen LogP contribution < -0.4 is 20.2 Å². The van der Waals surface area contributed by atoms with Gasteiger partial charge in [-0.25, -0.2) is 23.7 Å². The third-order valence-corrected chi connectivity index (χ3v) is 9.06. The van der Waals surface area contributed by atoms with Crippen molar-refractivity contribution in [3.05, 3.63) is 111 Å². The molecule has 0 saturated carbocycles. The zero-order valence-electron chi connectivity index (χ0n) is 26.5. The molecule has 2 atom stereocenters. The normalized spacial score (nSPS) is 19.4. The Hall–Kier alpha value is -4.40. The standard InChI is InChI=1S/C33H34Cl2N8O4.H2O/c1-23-38-39(2)32(44)43(23)27-6-4-25(5-7-27)40-13-15-41(16-14-40)26-8-10-28(11-9-26)45-18-29-19-46-33(47-29,20-42-22-36-21-37-42)30-12-3-24(34)17-31(30)35;/h3-12,17,21-22,29H,13-16,18-20H2,1-2H3;1H2/t29-,33-;/m1./s1. The molecule has 252 valence electrons. The highest BCUT2D eigenvalue weighted by Gasteiger charge is 2.45. The van der Waals surface area contributed by atoms with E-state index in [2.05, 4.69) is 49.2 Å². The van der Waals surface area contributed by atoms with Crippen LogP contribution in [-0.2, 0) is 28.9 Å². The Morgan fingerprint density at radius 3 is 2.17 bits per heavy atom. The summed E-state index contributed by atoms with van der Waals surface area (Å²) in [5, 5.41) is 9.42. The molecule has 2 fully saturated rings. The first-order valence-electron chi connectivity index (χ1n) is 15.3. The highest BCUT2D eigenvalue weighted by Crippen LogP contribution is 2.40. The first-order valence-corrected chi connectivity index (χ1v) is 16.1. The zero-order valence-corrected chi connectivity index (χ0v) is 28.0. The third-order valence-electron chi connectivity index (χ3n) is 8.51. The quantitative estimate of drug-likeness (QED) is 0.227. The molecule has 48 heavy (non-hydrogen) atoms. The Balaban J connectivity index is 0.00000401. The Bertz CT molecular complexity index is 1890. The van der Waals surface area contributed by atoms with Crippen LogP contribution in [0.15, 0.2) is 84.2 Å². The monoisotopic (exact) mass is 694 g/mol. The van der Waals surface area contributed by atoms with Gasteiger partial charge in [-0.1, -0.05) is 29.3 Å². The van der Waals surface area contributed by atoms with Crippen molar-refractivity contribution >= 4 is 34.6 Å². The predicted octanol–water partition coefficient (Wildman–Crippen LogP) is 3.63. The molecule has 2 aromatic heterocycles. The van der Waals surface area contributed by atoms with E-state index in [0.29, 0.717) is 34.6 Å². The van der Waals surface area contributed by atoms with Crippen molar-refractivity contribution in [2.75, 3.05) is 49.2 Å². The second-order valence-electron chi connectivity index (χ2n) is 11.6. The summed E-state index contributed by atoms with van der Waals surface area (Å²) in [6.07, 6.45) is 2.74. The fourth-order valence-corrected chi connectivity index (χ4v) is 6.70. The van der Waals surface area contributed by atoms with Gasteiger partial charge in [0.1, 0.15) is 43.5 Å². The van der Waals surface area contributed by atoms with Gasteiger partial charge in [-0.15, -0.1) is 0 Å². The molecule has 0 spiro atoms. The van der Waals surface area contributed by atoms with Gasteiger partial charge in [0.05, 0.1) is 17.3 Å². The predicted molar refractivity (Wildman–Crippen MR) is 183 cm³/mol. The van der Waals surface area contributed by atoms with Crippen LogP contribution in [0.2, 0.25) is 10.0 Å². The lowest BCUT2D eigenvalue weighted by Gasteiger charge is -2.37. The topological polar surface area (TPSA) is 136 Å². The van der Waals surface area contributed by atoms with E-state index >= 15 is 0 Å². The molecule has 3 aromatic carbocycles. The fourth-order valence-electron chi connectivity index (χ4n) is 6.15. The minimum Gasteiger partial charge on any atom is -0.491 e. The molecular formula is C33H36Cl2N8O5. The van der Waals surface area contributed by atoms with E-state index in [9.17, 15) is 4.79 Å². The van der Waals surface area contributed by atoms with E-state index in [-0.39, 0.29) is 23.8 Å². The summed E-state index contributed by atoms with van der Waals surface area (Å²) >= 11 is 12.7. The number of aryl methyl sites for hydroxylation is 2. The molecule has 0 amide bonds. The molecule has 2 saturated heterocycles. The van der Waals surface area contributed by atoms with Crippen LogP contribution >= 0.6 is 23.2 Å². The summed E-state index contributed by atoms with van der Waals surface area (Å²) in [5.74, 6) is 0.254. The maximum atomic E-state index is 12.4. The first-order chi connectivity index (χ1) is 22.8. The molecule has 4 heterocycles. The van der Waals surface area contributed by atoms with Crippen molar-refractivity contribution in [2.24, 2.45) is 7.05 Å². The number of nitrogens with zero attached hydrogens (tertiary/aromatic N) is 8. The van der Waals surface area contributed by atoms with Gasteiger partial charge >= 0.3 is 5.69 Å². The van der Waals surface area contributed by atoms with Gasteiger partial charge in [0.25, 0.3) is 0 Å². The summed E-state index contributed by atoms with van der Waals surface area (Å²) in [5.41, 5.74) is 3.60. The van der Waals surface area contributed by atoms with Crippen LogP contribution in [0.25, 0.3) is 5.69 Å². The van der Waals surface area contributed by atoms with Gasteiger partial charge in [0.15, 0.2) is 0 Å². The van der Waals surface area contributed by atoms with E-state index in [4.69, 9.17) is 37.4 Å². The van der Waals surface area contributed by atoms with Crippen LogP contribution in [0.1, 0.15) is 11.4 Å². The van der Waals surface area contributed by atoms with Crippen LogP contribution in [0.5, 0.6) is 5.75 Å². The lowest BCUT2D eigenvalue weighted by molar-refractivity contribution is -0.190. The second-order valence-corrected chi connectivity index (χ2v) is 12.4. The summed E-state index contributed by atoms with van der Waals surface area (Å²) in [4.78, 5) is 21.2. The number of halogens is 2. The minimum absolute atomic E-state index is 0. The second kappa shape index (κ2) is 14.0. The van der Waals surface area contributed by atoms with Crippen molar-refractivity contribution < 1.29 is 19.7 Å². The minimum atomic E-state index is -1.16. The van der Waals surface area contributed by atoms with E-state index in [1.165, 1.54) is 11.0 Å². The number of benzene rings is 3. The zero-order chi connectivity index (χ0) is 32.5. The van der Waals surface area contributed by atoms with E-state index in [1.54, 1.807) is 34.8 Å². The largest absolute Gasteiger partial charge is 0.491 e. The smallest absolute Gasteiger partial charge is 0.350 e. The van der Waals surface area contributed by atoms with Crippen LogP contribution in [0, 0.1) is 6.92 Å². The van der Waals surface area contributed by atoms with Gasteiger partial charge in [-0.2, -0.15) is 10.2 Å². The van der Waals surface area contributed by atoms with Crippen molar-refractivity contribution in [3.63, 3.8) is 0 Å². The Labute approximate surface area is 287 Å². The Kier molecular flexibility index (Phi) is 9.76. The number of hydrogen-bond acceptors (Lipinski definition) is 9. The fraction of sp³-hybridized carbons (Fsp3) is 0.333. The van der Waals surface area contributed by atoms with Crippen LogP contribution in [0.4, 0.5) is 11.4 Å².